The van der Waals surface area contributed by atoms with Gasteiger partial charge in [-0.2, -0.15) is 0 Å². The number of carbonyl (C=O) groups is 1. The lowest BCUT2D eigenvalue weighted by atomic mass is 10.3. The molecule has 0 fully saturated rings. The van der Waals surface area contributed by atoms with E-state index in [0.717, 1.165) is 0 Å². The van der Waals surface area contributed by atoms with Gasteiger partial charge in [0.25, 0.3) is 0 Å². The van der Waals surface area contributed by atoms with E-state index in [9.17, 15) is 4.79 Å². The fraction of sp³-hybridized carbons (Fsp3) is 0.857. The van der Waals surface area contributed by atoms with Crippen molar-refractivity contribution in [3.8, 4) is 0 Å². The molecule has 0 spiro atoms. The van der Waals surface area contributed by atoms with Crippen molar-refractivity contribution in [2.75, 3.05) is 26.2 Å². The third kappa shape index (κ3) is 3.95. The van der Waals surface area contributed by atoms with Crippen LogP contribution in [-0.4, -0.2) is 42.2 Å². The monoisotopic (exact) mass is 160 g/mol. The van der Waals surface area contributed by atoms with Crippen molar-refractivity contribution in [1.82, 2.24) is 4.90 Å². The molecule has 0 radical (unpaired) electrons. The summed E-state index contributed by atoms with van der Waals surface area (Å²) in [4.78, 5) is 12.7. The van der Waals surface area contributed by atoms with E-state index in [1.165, 1.54) is 0 Å². The molecule has 3 N–H and O–H groups in total. The fourth-order valence-electron chi connectivity index (χ4n) is 0.869. The van der Waals surface area contributed by atoms with Crippen LogP contribution in [0.3, 0.4) is 0 Å². The van der Waals surface area contributed by atoms with Crippen molar-refractivity contribution in [1.29, 1.82) is 0 Å². The summed E-state index contributed by atoms with van der Waals surface area (Å²) in [5.74, 6) is -0.0274. The molecule has 0 aromatic carbocycles. The number of hydrogen-bond acceptors (Lipinski definition) is 3. The van der Waals surface area contributed by atoms with Crippen LogP contribution in [0, 0.1) is 0 Å². The second kappa shape index (κ2) is 6.12. The predicted octanol–water partition coefficient (Wildman–Crippen LogP) is -0.824. The van der Waals surface area contributed by atoms with Crippen molar-refractivity contribution in [3.63, 3.8) is 0 Å². The quantitative estimate of drug-likeness (QED) is 0.552. The Kier molecular flexibility index (Phi) is 5.78. The van der Waals surface area contributed by atoms with Gasteiger partial charge < -0.3 is 15.7 Å². The second-order valence-corrected chi connectivity index (χ2v) is 2.24. The van der Waals surface area contributed by atoms with Gasteiger partial charge in [0.05, 0.1) is 6.61 Å². The van der Waals surface area contributed by atoms with Gasteiger partial charge in [0.15, 0.2) is 0 Å². The first-order valence-corrected chi connectivity index (χ1v) is 3.85. The van der Waals surface area contributed by atoms with Crippen LogP contribution in [0.4, 0.5) is 0 Å². The van der Waals surface area contributed by atoms with Gasteiger partial charge in [0.1, 0.15) is 0 Å². The van der Waals surface area contributed by atoms with Crippen molar-refractivity contribution < 1.29 is 9.90 Å². The highest BCUT2D eigenvalue weighted by atomic mass is 16.3. The summed E-state index contributed by atoms with van der Waals surface area (Å²) < 4.78 is 0. The molecule has 1 amide bonds. The molecule has 66 valence electrons. The first-order chi connectivity index (χ1) is 5.26. The number of likely N-dealkylation sites (N-methyl/N-ethyl adjacent to an activating group) is 1. The third-order valence-corrected chi connectivity index (χ3v) is 1.46. The molecule has 0 heterocycles. The van der Waals surface area contributed by atoms with Crippen LogP contribution in [0.2, 0.25) is 0 Å². The molecule has 0 bridgehead atoms. The minimum absolute atomic E-state index is 0.0274. The van der Waals surface area contributed by atoms with Gasteiger partial charge in [0, 0.05) is 26.1 Å². The zero-order chi connectivity index (χ0) is 8.69. The highest BCUT2D eigenvalue weighted by Gasteiger charge is 2.08. The van der Waals surface area contributed by atoms with Crippen molar-refractivity contribution in [2.24, 2.45) is 5.73 Å². The second-order valence-electron chi connectivity index (χ2n) is 2.24. The predicted molar refractivity (Wildman–Crippen MR) is 43.0 cm³/mol. The first kappa shape index (κ1) is 10.4. The number of carbonyl (C=O) groups excluding carboxylic acids is 1. The van der Waals surface area contributed by atoms with Gasteiger partial charge >= 0.3 is 0 Å². The van der Waals surface area contributed by atoms with Crippen LogP contribution in [0.1, 0.15) is 13.3 Å². The minimum atomic E-state index is -0.0834. The Bertz CT molecular complexity index is 117. The number of nitrogens with two attached hydrogens (primary N) is 1. The van der Waals surface area contributed by atoms with E-state index < -0.39 is 0 Å². The molecule has 0 aliphatic heterocycles. The SMILES string of the molecule is CCN(CCN)C(=O)CCO. The average Bonchev–Trinajstić information content (AvgIpc) is 2.00. The largest absolute Gasteiger partial charge is 0.396 e. The van der Waals surface area contributed by atoms with E-state index in [1.807, 2.05) is 6.92 Å². The normalized spacial score (nSPS) is 9.73. The van der Waals surface area contributed by atoms with Crippen LogP contribution in [0.5, 0.6) is 0 Å². The Hall–Kier alpha value is -0.610. The number of aliphatic hydroxyl groups is 1. The number of aliphatic hydroxyl groups excluding tert-OH is 1. The molecule has 4 heteroatoms. The van der Waals surface area contributed by atoms with E-state index >= 15 is 0 Å². The smallest absolute Gasteiger partial charge is 0.224 e. The zero-order valence-electron chi connectivity index (χ0n) is 6.92. The molecule has 0 aromatic heterocycles. The Morgan fingerprint density at radius 3 is 2.64 bits per heavy atom. The average molecular weight is 160 g/mol. The molecule has 0 atom stereocenters. The summed E-state index contributed by atoms with van der Waals surface area (Å²) in [7, 11) is 0. The maximum atomic E-state index is 11.1. The summed E-state index contributed by atoms with van der Waals surface area (Å²) in [6.07, 6.45) is 0.202. The van der Waals surface area contributed by atoms with Crippen LogP contribution in [-0.2, 0) is 4.79 Å². The Morgan fingerprint density at radius 2 is 2.27 bits per heavy atom. The molecule has 0 saturated heterocycles. The molecule has 0 unspecified atom stereocenters. The molecule has 0 aliphatic rings. The van der Waals surface area contributed by atoms with Gasteiger partial charge in [-0.05, 0) is 6.92 Å². The molecule has 11 heavy (non-hydrogen) atoms. The van der Waals surface area contributed by atoms with Gasteiger partial charge in [-0.3, -0.25) is 4.79 Å². The lowest BCUT2D eigenvalue weighted by Gasteiger charge is -2.19. The van der Waals surface area contributed by atoms with Crippen LogP contribution >= 0.6 is 0 Å². The van der Waals surface area contributed by atoms with Gasteiger partial charge in [-0.25, -0.2) is 0 Å². The van der Waals surface area contributed by atoms with Crippen LogP contribution in [0.25, 0.3) is 0 Å². The molecule has 0 aromatic rings. The van der Waals surface area contributed by atoms with Crippen LogP contribution < -0.4 is 5.73 Å². The summed E-state index contributed by atoms with van der Waals surface area (Å²) in [6.45, 7) is 3.53. The topological polar surface area (TPSA) is 66.6 Å². The first-order valence-electron chi connectivity index (χ1n) is 3.85. The maximum Gasteiger partial charge on any atom is 0.224 e. The number of amides is 1. The Morgan fingerprint density at radius 1 is 1.64 bits per heavy atom. The van der Waals surface area contributed by atoms with Gasteiger partial charge in [-0.15, -0.1) is 0 Å². The lowest BCUT2D eigenvalue weighted by molar-refractivity contribution is -0.131. The number of nitrogens with zero attached hydrogens (tertiary/aromatic N) is 1. The van der Waals surface area contributed by atoms with E-state index in [-0.39, 0.29) is 18.9 Å². The summed E-state index contributed by atoms with van der Waals surface area (Å²) in [6, 6.07) is 0. The molecule has 0 saturated carbocycles. The summed E-state index contributed by atoms with van der Waals surface area (Å²) >= 11 is 0. The Balaban J connectivity index is 3.71. The van der Waals surface area contributed by atoms with Crippen LogP contribution in [0.15, 0.2) is 0 Å². The van der Waals surface area contributed by atoms with E-state index in [1.54, 1.807) is 4.90 Å². The van der Waals surface area contributed by atoms with Crippen molar-refractivity contribution in [2.45, 2.75) is 13.3 Å². The molecular formula is C7H16N2O2. The van der Waals surface area contributed by atoms with Gasteiger partial charge in [0.2, 0.25) is 5.91 Å². The van der Waals surface area contributed by atoms with Crippen molar-refractivity contribution in [3.05, 3.63) is 0 Å². The number of rotatable bonds is 5. The van der Waals surface area contributed by atoms with E-state index in [0.29, 0.717) is 19.6 Å². The lowest BCUT2D eigenvalue weighted by Crippen LogP contribution is -2.35. The zero-order valence-corrected chi connectivity index (χ0v) is 6.92. The third-order valence-electron chi connectivity index (χ3n) is 1.46. The highest BCUT2D eigenvalue weighted by molar-refractivity contribution is 5.76. The number of hydrogen-bond donors (Lipinski definition) is 2. The fourth-order valence-corrected chi connectivity index (χ4v) is 0.869. The summed E-state index contributed by atoms with van der Waals surface area (Å²) in [5, 5.41) is 8.47. The highest BCUT2D eigenvalue weighted by Crippen LogP contribution is 1.91. The minimum Gasteiger partial charge on any atom is -0.396 e. The molecule has 0 aliphatic carbocycles. The maximum absolute atomic E-state index is 11.1. The van der Waals surface area contributed by atoms with E-state index in [4.69, 9.17) is 10.8 Å². The van der Waals surface area contributed by atoms with E-state index in [2.05, 4.69) is 0 Å². The molecular weight excluding hydrogens is 144 g/mol. The molecule has 4 nitrogen and oxygen atoms in total. The van der Waals surface area contributed by atoms with Gasteiger partial charge in [-0.1, -0.05) is 0 Å². The van der Waals surface area contributed by atoms with Crippen molar-refractivity contribution >= 4 is 5.91 Å². The standard InChI is InChI=1S/C7H16N2O2/c1-2-9(5-4-8)7(11)3-6-10/h10H,2-6,8H2,1H3. The Labute approximate surface area is 67.0 Å². The molecule has 0 rings (SSSR count). The summed E-state index contributed by atoms with van der Waals surface area (Å²) in [5.41, 5.74) is 5.28.